The van der Waals surface area contributed by atoms with Gasteiger partial charge in [0.15, 0.2) is 0 Å². The summed E-state index contributed by atoms with van der Waals surface area (Å²) in [4.78, 5) is 7.05. The quantitative estimate of drug-likeness (QED) is 0.825. The summed E-state index contributed by atoms with van der Waals surface area (Å²) in [6, 6.07) is 8.00. The number of hydrogen-bond acceptors (Lipinski definition) is 4. The van der Waals surface area contributed by atoms with Gasteiger partial charge < -0.3 is 15.7 Å². The normalized spacial score (nSPS) is 16.6. The second-order valence-corrected chi connectivity index (χ2v) is 5.56. The molecule has 2 heterocycles. The van der Waals surface area contributed by atoms with Gasteiger partial charge in [-0.25, -0.2) is 0 Å². The van der Waals surface area contributed by atoms with Gasteiger partial charge in [0.25, 0.3) is 0 Å². The largest absolute Gasteiger partial charge is 0.393 e. The summed E-state index contributed by atoms with van der Waals surface area (Å²) in [6.45, 7) is 1.62. The van der Waals surface area contributed by atoms with Crippen LogP contribution in [0.3, 0.4) is 0 Å². The van der Waals surface area contributed by atoms with Gasteiger partial charge in [0.1, 0.15) is 4.99 Å². The summed E-state index contributed by atoms with van der Waals surface area (Å²) in [7, 11) is 0. The standard InChI is InChI=1S/C15H17N3OS/c16-15(20)12-9-17-13-4-2-1-3-11(13)14(12)18-7-5-10(19)6-8-18/h1-4,9-10,19H,5-8H2,(H2,16,20). The molecule has 1 aromatic heterocycles. The average Bonchev–Trinajstić information content (AvgIpc) is 2.47. The Labute approximate surface area is 123 Å². The van der Waals surface area contributed by atoms with Crippen molar-refractivity contribution in [3.05, 3.63) is 36.0 Å². The number of fused-ring (bicyclic) bond motifs is 1. The SMILES string of the molecule is NC(=S)c1cnc2ccccc2c1N1CCC(O)CC1. The van der Waals surface area contributed by atoms with E-state index in [1.807, 2.05) is 24.3 Å². The van der Waals surface area contributed by atoms with Crippen molar-refractivity contribution in [3.8, 4) is 0 Å². The molecule has 5 heteroatoms. The fourth-order valence-corrected chi connectivity index (χ4v) is 2.89. The molecule has 1 fully saturated rings. The molecule has 104 valence electrons. The highest BCUT2D eigenvalue weighted by molar-refractivity contribution is 7.80. The fourth-order valence-electron chi connectivity index (χ4n) is 2.74. The maximum atomic E-state index is 9.68. The summed E-state index contributed by atoms with van der Waals surface area (Å²) in [5, 5.41) is 10.7. The maximum Gasteiger partial charge on any atom is 0.107 e. The predicted molar refractivity (Wildman–Crippen MR) is 85.1 cm³/mol. The molecule has 3 N–H and O–H groups in total. The van der Waals surface area contributed by atoms with E-state index in [0.29, 0.717) is 4.99 Å². The topological polar surface area (TPSA) is 62.4 Å². The molecule has 0 unspecified atom stereocenters. The molecule has 0 bridgehead atoms. The third kappa shape index (κ3) is 2.34. The van der Waals surface area contributed by atoms with Gasteiger partial charge in [-0.3, -0.25) is 4.98 Å². The first kappa shape index (κ1) is 13.3. The van der Waals surface area contributed by atoms with Crippen LogP contribution < -0.4 is 10.6 Å². The highest BCUT2D eigenvalue weighted by atomic mass is 32.1. The summed E-state index contributed by atoms with van der Waals surface area (Å²) in [5.41, 5.74) is 8.66. The minimum Gasteiger partial charge on any atom is -0.393 e. The highest BCUT2D eigenvalue weighted by Gasteiger charge is 2.22. The van der Waals surface area contributed by atoms with Crippen molar-refractivity contribution in [2.45, 2.75) is 18.9 Å². The predicted octanol–water partition coefficient (Wildman–Crippen LogP) is 1.83. The maximum absolute atomic E-state index is 9.68. The van der Waals surface area contributed by atoms with Crippen LogP contribution in [0.15, 0.2) is 30.5 Å². The first-order chi connectivity index (χ1) is 9.66. The van der Waals surface area contributed by atoms with Gasteiger partial charge in [-0.15, -0.1) is 0 Å². The molecule has 1 aliphatic heterocycles. The van der Waals surface area contributed by atoms with Gasteiger partial charge >= 0.3 is 0 Å². The Morgan fingerprint density at radius 2 is 2.00 bits per heavy atom. The summed E-state index contributed by atoms with van der Waals surface area (Å²) in [6.07, 6.45) is 3.10. The van der Waals surface area contributed by atoms with Crippen LogP contribution in [0.1, 0.15) is 18.4 Å². The Kier molecular flexibility index (Phi) is 3.54. The van der Waals surface area contributed by atoms with Gasteiger partial charge in [-0.2, -0.15) is 0 Å². The highest BCUT2D eigenvalue weighted by Crippen LogP contribution is 2.31. The molecule has 1 saturated heterocycles. The van der Waals surface area contributed by atoms with Crippen LogP contribution in [0.5, 0.6) is 0 Å². The Bertz CT molecular complexity index is 651. The Hall–Kier alpha value is -1.72. The van der Waals surface area contributed by atoms with Crippen molar-refractivity contribution in [3.63, 3.8) is 0 Å². The lowest BCUT2D eigenvalue weighted by Crippen LogP contribution is -2.37. The Morgan fingerprint density at radius 1 is 1.30 bits per heavy atom. The number of thiocarbonyl (C=S) groups is 1. The van der Waals surface area contributed by atoms with Crippen molar-refractivity contribution < 1.29 is 5.11 Å². The van der Waals surface area contributed by atoms with Crippen molar-refractivity contribution in [2.75, 3.05) is 18.0 Å². The molecule has 0 radical (unpaired) electrons. The lowest BCUT2D eigenvalue weighted by Gasteiger charge is -2.33. The average molecular weight is 287 g/mol. The number of rotatable bonds is 2. The fraction of sp³-hybridized carbons (Fsp3) is 0.333. The summed E-state index contributed by atoms with van der Waals surface area (Å²) >= 11 is 5.17. The minimum atomic E-state index is -0.201. The van der Waals surface area contributed by atoms with Crippen LogP contribution in [0, 0.1) is 0 Å². The third-order valence-electron chi connectivity index (χ3n) is 3.79. The smallest absolute Gasteiger partial charge is 0.107 e. The number of aromatic nitrogens is 1. The number of nitrogens with two attached hydrogens (primary N) is 1. The van der Waals surface area contributed by atoms with Crippen molar-refractivity contribution in [2.24, 2.45) is 5.73 Å². The first-order valence-electron chi connectivity index (χ1n) is 6.77. The number of benzene rings is 1. The van der Waals surface area contributed by atoms with E-state index in [0.717, 1.165) is 48.1 Å². The zero-order valence-corrected chi connectivity index (χ0v) is 11.9. The van der Waals surface area contributed by atoms with Crippen molar-refractivity contribution in [1.82, 2.24) is 4.98 Å². The third-order valence-corrected chi connectivity index (χ3v) is 4.01. The zero-order chi connectivity index (χ0) is 14.1. The molecule has 20 heavy (non-hydrogen) atoms. The van der Waals surface area contributed by atoms with Gasteiger partial charge in [-0.1, -0.05) is 30.4 Å². The lowest BCUT2D eigenvalue weighted by molar-refractivity contribution is 0.145. The molecule has 0 amide bonds. The number of aliphatic hydroxyl groups is 1. The van der Waals surface area contributed by atoms with E-state index >= 15 is 0 Å². The summed E-state index contributed by atoms with van der Waals surface area (Å²) < 4.78 is 0. The van der Waals surface area contributed by atoms with Crippen molar-refractivity contribution in [1.29, 1.82) is 0 Å². The number of para-hydroxylation sites is 1. The summed E-state index contributed by atoms with van der Waals surface area (Å²) in [5.74, 6) is 0. The molecule has 0 spiro atoms. The molecule has 4 nitrogen and oxygen atoms in total. The monoisotopic (exact) mass is 287 g/mol. The lowest BCUT2D eigenvalue weighted by atomic mass is 10.0. The van der Waals surface area contributed by atoms with E-state index in [1.54, 1.807) is 6.20 Å². The molecular weight excluding hydrogens is 270 g/mol. The number of piperidine rings is 1. The van der Waals surface area contributed by atoms with Crippen LogP contribution in [0.25, 0.3) is 10.9 Å². The minimum absolute atomic E-state index is 0.201. The first-order valence-corrected chi connectivity index (χ1v) is 7.18. The van der Waals surface area contributed by atoms with Gasteiger partial charge in [-0.05, 0) is 18.9 Å². The Morgan fingerprint density at radius 3 is 2.70 bits per heavy atom. The second-order valence-electron chi connectivity index (χ2n) is 5.12. The molecule has 1 aliphatic rings. The van der Waals surface area contributed by atoms with Crippen LogP contribution in [0.4, 0.5) is 5.69 Å². The van der Waals surface area contributed by atoms with E-state index in [-0.39, 0.29) is 6.10 Å². The van der Waals surface area contributed by atoms with Crippen LogP contribution >= 0.6 is 12.2 Å². The van der Waals surface area contributed by atoms with Crippen LogP contribution in [-0.4, -0.2) is 34.3 Å². The molecule has 0 aliphatic carbocycles. The number of pyridine rings is 1. The van der Waals surface area contributed by atoms with Gasteiger partial charge in [0.05, 0.1) is 22.9 Å². The number of nitrogens with zero attached hydrogens (tertiary/aromatic N) is 2. The van der Waals surface area contributed by atoms with Crippen molar-refractivity contribution >= 4 is 33.8 Å². The van der Waals surface area contributed by atoms with E-state index in [4.69, 9.17) is 18.0 Å². The second kappa shape index (κ2) is 5.34. The number of hydrogen-bond donors (Lipinski definition) is 2. The van der Waals surface area contributed by atoms with Gasteiger partial charge in [0, 0.05) is 24.7 Å². The van der Waals surface area contributed by atoms with E-state index in [9.17, 15) is 5.11 Å². The molecule has 0 saturated carbocycles. The molecule has 2 aromatic rings. The van der Waals surface area contributed by atoms with E-state index in [2.05, 4.69) is 9.88 Å². The molecule has 3 rings (SSSR count). The van der Waals surface area contributed by atoms with Crippen LogP contribution in [-0.2, 0) is 0 Å². The molecule has 1 aromatic carbocycles. The zero-order valence-electron chi connectivity index (χ0n) is 11.1. The molecule has 0 atom stereocenters. The number of anilines is 1. The van der Waals surface area contributed by atoms with E-state index in [1.165, 1.54) is 0 Å². The molecular formula is C15H17N3OS. The Balaban J connectivity index is 2.15. The van der Waals surface area contributed by atoms with Gasteiger partial charge in [0.2, 0.25) is 0 Å². The van der Waals surface area contributed by atoms with E-state index < -0.39 is 0 Å². The number of aliphatic hydroxyl groups excluding tert-OH is 1. The van der Waals surface area contributed by atoms with Crippen LogP contribution in [0.2, 0.25) is 0 Å².